The molecule has 104 valence electrons. The molecule has 1 rings (SSSR count). The minimum atomic E-state index is -4.54. The molecule has 0 spiro atoms. The lowest BCUT2D eigenvalue weighted by Crippen LogP contribution is -2.08. The van der Waals surface area contributed by atoms with E-state index >= 15 is 0 Å². The van der Waals surface area contributed by atoms with E-state index in [1.807, 2.05) is 0 Å². The van der Waals surface area contributed by atoms with Gasteiger partial charge in [0.25, 0.3) is 0 Å². The van der Waals surface area contributed by atoms with E-state index in [0.717, 1.165) is 12.1 Å². The smallest absolute Gasteiger partial charge is 0.293 e. The Morgan fingerprint density at radius 2 is 1.68 bits per heavy atom. The van der Waals surface area contributed by atoms with Crippen LogP contribution in [0, 0.1) is 0 Å². The van der Waals surface area contributed by atoms with Gasteiger partial charge in [-0.2, -0.15) is 18.3 Å². The van der Waals surface area contributed by atoms with Gasteiger partial charge in [0.15, 0.2) is 5.78 Å². The molecule has 1 aromatic rings. The molecular weight excluding hydrogens is 304 g/mol. The molecule has 0 radical (unpaired) electrons. The Bertz CT molecular complexity index is 518. The molecule has 0 amide bonds. The van der Waals surface area contributed by atoms with E-state index in [1.165, 1.54) is 13.8 Å². The van der Waals surface area contributed by atoms with E-state index in [-0.39, 0.29) is 27.2 Å². The molecule has 0 bridgehead atoms. The van der Waals surface area contributed by atoms with E-state index in [2.05, 4.69) is 10.5 Å². The topological polar surface area (TPSA) is 41.5 Å². The monoisotopic (exact) mass is 312 g/mol. The first-order chi connectivity index (χ1) is 8.62. The average Bonchev–Trinajstić information content (AvgIpc) is 2.25. The second-order valence-electron chi connectivity index (χ2n) is 3.68. The molecular formula is C11H9Cl2F3N2O. The van der Waals surface area contributed by atoms with Gasteiger partial charge in [-0.15, -0.1) is 0 Å². The highest BCUT2D eigenvalue weighted by atomic mass is 35.5. The summed E-state index contributed by atoms with van der Waals surface area (Å²) in [4.78, 5) is 10.9. The molecule has 0 saturated heterocycles. The summed E-state index contributed by atoms with van der Waals surface area (Å²) in [5.74, 6) is -0.286. The first-order valence-electron chi connectivity index (χ1n) is 5.00. The second-order valence-corrected chi connectivity index (χ2v) is 4.49. The van der Waals surface area contributed by atoms with Crippen LogP contribution in [-0.4, -0.2) is 11.5 Å². The molecule has 3 nitrogen and oxygen atoms in total. The number of nitrogens with zero attached hydrogens (tertiary/aromatic N) is 1. The number of carbonyl (C=O) groups is 1. The summed E-state index contributed by atoms with van der Waals surface area (Å²) in [6, 6.07) is 1.46. The molecule has 0 heterocycles. The number of hydrogen-bond acceptors (Lipinski definition) is 3. The number of hydrogen-bond donors (Lipinski definition) is 1. The summed E-state index contributed by atoms with van der Waals surface area (Å²) in [6.07, 6.45) is -4.54. The fourth-order valence-corrected chi connectivity index (χ4v) is 1.63. The van der Waals surface area contributed by atoms with Gasteiger partial charge in [0, 0.05) is 6.92 Å². The summed E-state index contributed by atoms with van der Waals surface area (Å²) in [7, 11) is 0. The maximum atomic E-state index is 12.5. The highest BCUT2D eigenvalue weighted by Crippen LogP contribution is 2.38. The van der Waals surface area contributed by atoms with E-state index in [4.69, 9.17) is 23.2 Å². The maximum absolute atomic E-state index is 12.5. The number of anilines is 1. The van der Waals surface area contributed by atoms with E-state index in [0.29, 0.717) is 0 Å². The van der Waals surface area contributed by atoms with Crippen LogP contribution >= 0.6 is 23.2 Å². The number of alkyl halides is 3. The standard InChI is InChI=1S/C11H9Cl2F3N2O/c1-5(6(2)19)17-18-10-8(12)3-7(4-9(10)13)11(14,15)16/h3-4,18H,1-2H3. The highest BCUT2D eigenvalue weighted by Gasteiger charge is 2.32. The Labute approximate surface area is 117 Å². The fourth-order valence-electron chi connectivity index (χ4n) is 1.06. The Morgan fingerprint density at radius 1 is 1.21 bits per heavy atom. The van der Waals surface area contributed by atoms with Gasteiger partial charge in [0.1, 0.15) is 5.71 Å². The molecule has 0 aliphatic rings. The van der Waals surface area contributed by atoms with Crippen molar-refractivity contribution in [2.24, 2.45) is 5.10 Å². The number of hydrazone groups is 1. The molecule has 1 aromatic carbocycles. The van der Waals surface area contributed by atoms with Gasteiger partial charge in [-0.1, -0.05) is 23.2 Å². The van der Waals surface area contributed by atoms with Gasteiger partial charge in [-0.3, -0.25) is 10.2 Å². The Kier molecular flexibility index (Phi) is 4.81. The van der Waals surface area contributed by atoms with Crippen molar-refractivity contribution in [2.75, 3.05) is 5.43 Å². The summed E-state index contributed by atoms with van der Waals surface area (Å²) < 4.78 is 37.5. The molecule has 0 unspecified atom stereocenters. The van der Waals surface area contributed by atoms with Crippen LogP contribution in [0.2, 0.25) is 10.0 Å². The van der Waals surface area contributed by atoms with Gasteiger partial charge in [-0.05, 0) is 19.1 Å². The Balaban J connectivity index is 3.12. The summed E-state index contributed by atoms with van der Waals surface area (Å²) >= 11 is 11.4. The van der Waals surface area contributed by atoms with Crippen LogP contribution in [0.1, 0.15) is 19.4 Å². The molecule has 19 heavy (non-hydrogen) atoms. The van der Waals surface area contributed by atoms with Gasteiger partial charge in [0.2, 0.25) is 0 Å². The van der Waals surface area contributed by atoms with Crippen molar-refractivity contribution in [1.82, 2.24) is 0 Å². The minimum Gasteiger partial charge on any atom is -0.293 e. The first-order valence-corrected chi connectivity index (χ1v) is 5.76. The fraction of sp³-hybridized carbons (Fsp3) is 0.273. The predicted molar refractivity (Wildman–Crippen MR) is 68.9 cm³/mol. The van der Waals surface area contributed by atoms with Crippen molar-refractivity contribution in [3.8, 4) is 0 Å². The normalized spacial score (nSPS) is 12.5. The lowest BCUT2D eigenvalue weighted by molar-refractivity contribution is -0.137. The van der Waals surface area contributed by atoms with Gasteiger partial charge < -0.3 is 0 Å². The lowest BCUT2D eigenvalue weighted by Gasteiger charge is -2.11. The molecule has 0 atom stereocenters. The Morgan fingerprint density at radius 3 is 2.05 bits per heavy atom. The zero-order chi connectivity index (χ0) is 14.8. The molecule has 1 N–H and O–H groups in total. The maximum Gasteiger partial charge on any atom is 0.416 e. The van der Waals surface area contributed by atoms with E-state index < -0.39 is 11.7 Å². The van der Waals surface area contributed by atoms with Gasteiger partial charge >= 0.3 is 6.18 Å². The van der Waals surface area contributed by atoms with Crippen molar-refractivity contribution in [3.05, 3.63) is 27.7 Å². The largest absolute Gasteiger partial charge is 0.416 e. The summed E-state index contributed by atoms with van der Waals surface area (Å²) in [5.41, 5.74) is 1.58. The lowest BCUT2D eigenvalue weighted by atomic mass is 10.2. The average molecular weight is 313 g/mol. The number of rotatable bonds is 3. The molecule has 0 aromatic heterocycles. The number of ketones is 1. The summed E-state index contributed by atoms with van der Waals surface area (Å²) in [6.45, 7) is 2.75. The number of Topliss-reactive ketones (excluding diaryl/α,β-unsaturated/α-hetero) is 1. The van der Waals surface area contributed by atoms with Crippen molar-refractivity contribution in [2.45, 2.75) is 20.0 Å². The predicted octanol–water partition coefficient (Wildman–Crippen LogP) is 4.39. The zero-order valence-electron chi connectivity index (χ0n) is 9.90. The zero-order valence-corrected chi connectivity index (χ0v) is 11.4. The number of carbonyl (C=O) groups excluding carboxylic acids is 1. The number of benzene rings is 1. The van der Waals surface area contributed by atoms with Gasteiger partial charge in [0.05, 0.1) is 21.3 Å². The minimum absolute atomic E-state index is 0.0110. The number of nitrogens with one attached hydrogen (secondary N) is 1. The third-order valence-electron chi connectivity index (χ3n) is 2.21. The van der Waals surface area contributed by atoms with Crippen LogP contribution < -0.4 is 5.43 Å². The molecule has 0 aliphatic carbocycles. The third kappa shape index (κ3) is 4.11. The van der Waals surface area contributed by atoms with E-state index in [9.17, 15) is 18.0 Å². The van der Waals surface area contributed by atoms with Crippen molar-refractivity contribution < 1.29 is 18.0 Å². The number of halogens is 5. The van der Waals surface area contributed by atoms with Crippen LogP contribution in [-0.2, 0) is 11.0 Å². The molecule has 0 fully saturated rings. The van der Waals surface area contributed by atoms with Crippen molar-refractivity contribution in [3.63, 3.8) is 0 Å². The van der Waals surface area contributed by atoms with Crippen molar-refractivity contribution in [1.29, 1.82) is 0 Å². The van der Waals surface area contributed by atoms with E-state index in [1.54, 1.807) is 0 Å². The molecule has 0 aliphatic heterocycles. The van der Waals surface area contributed by atoms with Gasteiger partial charge in [-0.25, -0.2) is 0 Å². The van der Waals surface area contributed by atoms with Crippen LogP contribution in [0.15, 0.2) is 17.2 Å². The quantitative estimate of drug-likeness (QED) is 0.664. The summed E-state index contributed by atoms with van der Waals surface area (Å²) in [5, 5.41) is 3.20. The van der Waals surface area contributed by atoms with Crippen molar-refractivity contribution >= 4 is 40.4 Å². The molecule has 0 saturated carbocycles. The third-order valence-corrected chi connectivity index (χ3v) is 2.81. The first kappa shape index (κ1) is 15.8. The molecule has 8 heteroatoms. The second kappa shape index (κ2) is 5.79. The SMILES string of the molecule is CC(=O)C(C)=NNc1c(Cl)cc(C(F)(F)F)cc1Cl. The van der Waals surface area contributed by atoms with Crippen LogP contribution in [0.5, 0.6) is 0 Å². The van der Waals surface area contributed by atoms with Crippen LogP contribution in [0.3, 0.4) is 0 Å². The van der Waals surface area contributed by atoms with Crippen LogP contribution in [0.25, 0.3) is 0 Å². The highest BCUT2D eigenvalue weighted by molar-refractivity contribution is 6.40. The van der Waals surface area contributed by atoms with Crippen LogP contribution in [0.4, 0.5) is 18.9 Å². The Hall–Kier alpha value is -1.27.